The van der Waals surface area contributed by atoms with Crippen molar-refractivity contribution in [3.63, 3.8) is 0 Å². The monoisotopic (exact) mass is 322 g/mol. The van der Waals surface area contributed by atoms with Gasteiger partial charge in [-0.3, -0.25) is 4.79 Å². The summed E-state index contributed by atoms with van der Waals surface area (Å²) in [6, 6.07) is 2.16. The van der Waals surface area contributed by atoms with E-state index in [9.17, 15) is 13.6 Å². The molecule has 0 spiro atoms. The minimum absolute atomic E-state index is 0.0433. The van der Waals surface area contributed by atoms with Gasteiger partial charge in [-0.1, -0.05) is 15.9 Å². The topological polar surface area (TPSA) is 50.4 Å². The maximum absolute atomic E-state index is 13.4. The molecule has 1 aromatic rings. The molecule has 0 heterocycles. The van der Waals surface area contributed by atoms with E-state index in [0.29, 0.717) is 13.2 Å². The van der Waals surface area contributed by atoms with Crippen LogP contribution in [0.2, 0.25) is 0 Å². The molecule has 0 unspecified atom stereocenters. The van der Waals surface area contributed by atoms with E-state index in [2.05, 4.69) is 26.6 Å². The van der Waals surface area contributed by atoms with Crippen LogP contribution in [0.5, 0.6) is 0 Å². The summed E-state index contributed by atoms with van der Waals surface area (Å²) in [6.45, 7) is 0.891. The van der Waals surface area contributed by atoms with Gasteiger partial charge in [0.2, 0.25) is 5.91 Å². The van der Waals surface area contributed by atoms with E-state index in [4.69, 9.17) is 4.74 Å². The maximum atomic E-state index is 13.4. The van der Waals surface area contributed by atoms with Crippen LogP contribution in [-0.2, 0) is 9.53 Å². The molecule has 100 valence electrons. The normalized spacial score (nSPS) is 10.4. The highest BCUT2D eigenvalue weighted by atomic mass is 79.9. The minimum atomic E-state index is -0.827. The number of anilines is 1. The van der Waals surface area contributed by atoms with Crippen LogP contribution in [0, 0.1) is 11.6 Å². The molecule has 1 rings (SSSR count). The molecule has 1 amide bonds. The lowest BCUT2D eigenvalue weighted by molar-refractivity contribution is -0.115. The second-order valence-electron chi connectivity index (χ2n) is 3.46. The molecule has 0 fully saturated rings. The molecular weight excluding hydrogens is 310 g/mol. The summed E-state index contributed by atoms with van der Waals surface area (Å²) >= 11 is 2.95. The molecule has 0 saturated carbocycles. The second-order valence-corrected chi connectivity index (χ2v) is 4.38. The van der Waals surface area contributed by atoms with E-state index in [-0.39, 0.29) is 11.0 Å². The van der Waals surface area contributed by atoms with E-state index in [0.717, 1.165) is 12.1 Å². The fourth-order valence-electron chi connectivity index (χ4n) is 1.22. The number of amides is 1. The van der Waals surface area contributed by atoms with Gasteiger partial charge in [0.1, 0.15) is 5.69 Å². The van der Waals surface area contributed by atoms with Crippen molar-refractivity contribution in [3.05, 3.63) is 28.2 Å². The van der Waals surface area contributed by atoms with Gasteiger partial charge in [-0.2, -0.15) is 0 Å². The third-order valence-electron chi connectivity index (χ3n) is 2.04. The number of halogens is 3. The molecule has 0 aliphatic carbocycles. The molecule has 2 N–H and O–H groups in total. The SMILES string of the molecule is COCCNCC(=O)Nc1c(F)cc(Br)cc1F. The van der Waals surface area contributed by atoms with Gasteiger partial charge >= 0.3 is 0 Å². The average molecular weight is 323 g/mol. The molecule has 0 aliphatic heterocycles. The summed E-state index contributed by atoms with van der Waals surface area (Å²) < 4.78 is 31.8. The summed E-state index contributed by atoms with van der Waals surface area (Å²) in [5, 5.41) is 4.93. The summed E-state index contributed by atoms with van der Waals surface area (Å²) in [7, 11) is 1.54. The third kappa shape index (κ3) is 4.67. The Bertz CT molecular complexity index is 406. The van der Waals surface area contributed by atoms with Gasteiger partial charge in [0, 0.05) is 18.1 Å². The van der Waals surface area contributed by atoms with Gasteiger partial charge in [0.15, 0.2) is 11.6 Å². The Morgan fingerprint density at radius 3 is 2.56 bits per heavy atom. The van der Waals surface area contributed by atoms with E-state index < -0.39 is 23.2 Å². The fraction of sp³-hybridized carbons (Fsp3) is 0.364. The zero-order chi connectivity index (χ0) is 13.5. The molecule has 1 aromatic carbocycles. The van der Waals surface area contributed by atoms with Crippen molar-refractivity contribution in [1.82, 2.24) is 5.32 Å². The van der Waals surface area contributed by atoms with Gasteiger partial charge in [0.25, 0.3) is 0 Å². The van der Waals surface area contributed by atoms with Crippen LogP contribution < -0.4 is 10.6 Å². The predicted molar refractivity (Wildman–Crippen MR) is 67.4 cm³/mol. The summed E-state index contributed by atoms with van der Waals surface area (Å²) in [5.41, 5.74) is -0.447. The number of rotatable bonds is 6. The quantitative estimate of drug-likeness (QED) is 0.786. The van der Waals surface area contributed by atoms with Crippen molar-refractivity contribution < 1.29 is 18.3 Å². The first-order valence-corrected chi connectivity index (χ1v) is 5.98. The van der Waals surface area contributed by atoms with Crippen molar-refractivity contribution in [2.24, 2.45) is 0 Å². The highest BCUT2D eigenvalue weighted by Gasteiger charge is 2.13. The van der Waals surface area contributed by atoms with Crippen molar-refractivity contribution in [3.8, 4) is 0 Å². The Balaban J connectivity index is 2.54. The number of benzene rings is 1. The largest absolute Gasteiger partial charge is 0.383 e. The van der Waals surface area contributed by atoms with Crippen molar-refractivity contribution in [1.29, 1.82) is 0 Å². The molecule has 0 atom stereocenters. The Kier molecular flexibility index (Phi) is 6.17. The van der Waals surface area contributed by atoms with E-state index >= 15 is 0 Å². The first-order valence-electron chi connectivity index (χ1n) is 5.18. The lowest BCUT2D eigenvalue weighted by atomic mass is 10.3. The lowest BCUT2D eigenvalue weighted by Gasteiger charge is -2.08. The standard InChI is InChI=1S/C11H13BrF2N2O2/c1-18-3-2-15-6-10(17)16-11-8(13)4-7(12)5-9(11)14/h4-5,15H,2-3,6H2,1H3,(H,16,17). The number of carbonyl (C=O) groups is 1. The summed E-state index contributed by atoms with van der Waals surface area (Å²) in [5.74, 6) is -2.18. The first kappa shape index (κ1) is 15.0. The first-order chi connectivity index (χ1) is 8.54. The Labute approximate surface area is 112 Å². The van der Waals surface area contributed by atoms with Crippen LogP contribution in [0.1, 0.15) is 0 Å². The average Bonchev–Trinajstić information content (AvgIpc) is 2.29. The Morgan fingerprint density at radius 2 is 2.00 bits per heavy atom. The predicted octanol–water partition coefficient (Wildman–Crippen LogP) is 1.90. The fourth-order valence-corrected chi connectivity index (χ4v) is 1.62. The molecule has 4 nitrogen and oxygen atoms in total. The number of nitrogens with one attached hydrogen (secondary N) is 2. The Hall–Kier alpha value is -1.05. The Morgan fingerprint density at radius 1 is 1.39 bits per heavy atom. The van der Waals surface area contributed by atoms with E-state index in [1.165, 1.54) is 7.11 Å². The van der Waals surface area contributed by atoms with Crippen LogP contribution in [-0.4, -0.2) is 32.7 Å². The molecule has 0 aromatic heterocycles. The zero-order valence-electron chi connectivity index (χ0n) is 9.73. The van der Waals surface area contributed by atoms with Crippen LogP contribution in [0.25, 0.3) is 0 Å². The molecular formula is C11H13BrF2N2O2. The minimum Gasteiger partial charge on any atom is -0.383 e. The number of carbonyl (C=O) groups excluding carboxylic acids is 1. The van der Waals surface area contributed by atoms with Crippen molar-refractivity contribution >= 4 is 27.5 Å². The van der Waals surface area contributed by atoms with E-state index in [1.807, 2.05) is 0 Å². The highest BCUT2D eigenvalue weighted by Crippen LogP contribution is 2.23. The van der Waals surface area contributed by atoms with Crippen molar-refractivity contribution in [2.45, 2.75) is 0 Å². The second kappa shape index (κ2) is 7.40. The molecule has 18 heavy (non-hydrogen) atoms. The van der Waals surface area contributed by atoms with Gasteiger partial charge in [-0.05, 0) is 12.1 Å². The summed E-state index contributed by atoms with van der Waals surface area (Å²) in [6.07, 6.45) is 0. The molecule has 7 heteroatoms. The van der Waals surface area contributed by atoms with Crippen LogP contribution in [0.4, 0.5) is 14.5 Å². The molecule has 0 saturated heterocycles. The summed E-state index contributed by atoms with van der Waals surface area (Å²) in [4.78, 5) is 11.4. The highest BCUT2D eigenvalue weighted by molar-refractivity contribution is 9.10. The number of hydrogen-bond acceptors (Lipinski definition) is 3. The van der Waals surface area contributed by atoms with Gasteiger partial charge in [-0.15, -0.1) is 0 Å². The molecule has 0 aliphatic rings. The number of hydrogen-bond donors (Lipinski definition) is 2. The van der Waals surface area contributed by atoms with Crippen LogP contribution in [0.15, 0.2) is 16.6 Å². The number of ether oxygens (including phenoxy) is 1. The third-order valence-corrected chi connectivity index (χ3v) is 2.50. The smallest absolute Gasteiger partial charge is 0.238 e. The van der Waals surface area contributed by atoms with Crippen LogP contribution >= 0.6 is 15.9 Å². The zero-order valence-corrected chi connectivity index (χ0v) is 11.3. The maximum Gasteiger partial charge on any atom is 0.238 e. The van der Waals surface area contributed by atoms with Gasteiger partial charge < -0.3 is 15.4 Å². The molecule has 0 bridgehead atoms. The van der Waals surface area contributed by atoms with Crippen LogP contribution in [0.3, 0.4) is 0 Å². The van der Waals surface area contributed by atoms with Gasteiger partial charge in [-0.25, -0.2) is 8.78 Å². The van der Waals surface area contributed by atoms with E-state index in [1.54, 1.807) is 0 Å². The lowest BCUT2D eigenvalue weighted by Crippen LogP contribution is -2.30. The van der Waals surface area contributed by atoms with Gasteiger partial charge in [0.05, 0.1) is 13.2 Å². The molecule has 0 radical (unpaired) electrons. The number of methoxy groups -OCH3 is 1. The van der Waals surface area contributed by atoms with Crippen molar-refractivity contribution in [2.75, 3.05) is 32.1 Å².